The van der Waals surface area contributed by atoms with Crippen LogP contribution in [-0.2, 0) is 11.4 Å². The molecule has 8 heteroatoms. The number of nitrogens with zero attached hydrogens (tertiary/aromatic N) is 1. The molecule has 31 heavy (non-hydrogen) atoms. The molecular weight excluding hydrogens is 406 g/mol. The van der Waals surface area contributed by atoms with Crippen molar-refractivity contribution in [3.8, 4) is 17.2 Å². The fourth-order valence-electron chi connectivity index (χ4n) is 2.65. The van der Waals surface area contributed by atoms with Crippen LogP contribution in [0.4, 0.5) is 14.5 Å². The number of rotatable bonds is 9. The van der Waals surface area contributed by atoms with E-state index in [9.17, 15) is 13.6 Å². The molecule has 1 N–H and O–H groups in total. The van der Waals surface area contributed by atoms with Gasteiger partial charge >= 0.3 is 6.61 Å². The molecular formula is C23H20F2N2O4. The number of halogens is 2. The van der Waals surface area contributed by atoms with Crippen LogP contribution in [-0.4, -0.2) is 24.6 Å². The fourth-order valence-corrected chi connectivity index (χ4v) is 2.65. The Labute approximate surface area is 178 Å². The quantitative estimate of drug-likeness (QED) is 0.492. The van der Waals surface area contributed by atoms with Crippen LogP contribution >= 0.6 is 0 Å². The van der Waals surface area contributed by atoms with E-state index in [1.54, 1.807) is 36.7 Å². The van der Waals surface area contributed by atoms with Crippen molar-refractivity contribution in [3.05, 3.63) is 84.2 Å². The molecule has 0 spiro atoms. The van der Waals surface area contributed by atoms with Gasteiger partial charge in [0, 0.05) is 35.8 Å². The Bertz CT molecular complexity index is 1040. The number of nitrogens with one attached hydrogen (secondary N) is 1. The van der Waals surface area contributed by atoms with Gasteiger partial charge in [0.1, 0.15) is 12.4 Å². The third-order valence-electron chi connectivity index (χ3n) is 4.06. The molecule has 0 radical (unpaired) electrons. The van der Waals surface area contributed by atoms with Gasteiger partial charge in [-0.15, -0.1) is 0 Å². The van der Waals surface area contributed by atoms with Gasteiger partial charge in [-0.2, -0.15) is 8.78 Å². The third-order valence-corrected chi connectivity index (χ3v) is 4.06. The van der Waals surface area contributed by atoms with E-state index >= 15 is 0 Å². The average Bonchev–Trinajstić information content (AvgIpc) is 2.77. The van der Waals surface area contributed by atoms with Crippen molar-refractivity contribution in [2.45, 2.75) is 13.2 Å². The average molecular weight is 426 g/mol. The first-order valence-electron chi connectivity index (χ1n) is 9.27. The van der Waals surface area contributed by atoms with Crippen molar-refractivity contribution in [2.75, 3.05) is 12.4 Å². The van der Waals surface area contributed by atoms with Gasteiger partial charge in [0.15, 0.2) is 11.5 Å². The topological polar surface area (TPSA) is 69.7 Å². The maximum absolute atomic E-state index is 12.4. The van der Waals surface area contributed by atoms with Gasteiger partial charge in [0.25, 0.3) is 0 Å². The number of anilines is 1. The number of ether oxygens (including phenoxy) is 3. The molecule has 3 aromatic rings. The molecule has 0 aliphatic heterocycles. The molecule has 0 saturated carbocycles. The van der Waals surface area contributed by atoms with Gasteiger partial charge in [-0.3, -0.25) is 9.78 Å². The summed E-state index contributed by atoms with van der Waals surface area (Å²) in [6.07, 6.45) is 6.27. The van der Waals surface area contributed by atoms with E-state index in [4.69, 9.17) is 9.47 Å². The van der Waals surface area contributed by atoms with Crippen LogP contribution in [0.2, 0.25) is 0 Å². The standard InChI is InChI=1S/C23H20F2N2O4/c1-29-21-12-16(7-9-20(21)31-23(24)25)8-10-22(28)27-18-5-2-6-19(13-18)30-15-17-4-3-11-26-14-17/h2-14,23H,15H2,1H3,(H,27,28). The number of hydrogen-bond donors (Lipinski definition) is 1. The Morgan fingerprint density at radius 2 is 2.00 bits per heavy atom. The number of methoxy groups -OCH3 is 1. The van der Waals surface area contributed by atoms with Crippen LogP contribution < -0.4 is 19.5 Å². The molecule has 0 saturated heterocycles. The molecule has 1 heterocycles. The van der Waals surface area contributed by atoms with Crippen LogP contribution in [0.15, 0.2) is 73.1 Å². The smallest absolute Gasteiger partial charge is 0.387 e. The number of aromatic nitrogens is 1. The summed E-state index contributed by atoms with van der Waals surface area (Å²) >= 11 is 0. The fraction of sp³-hybridized carbons (Fsp3) is 0.130. The highest BCUT2D eigenvalue weighted by Crippen LogP contribution is 2.29. The van der Waals surface area contributed by atoms with E-state index in [1.807, 2.05) is 12.1 Å². The Kier molecular flexibility index (Phi) is 7.53. The van der Waals surface area contributed by atoms with Crippen LogP contribution in [0.3, 0.4) is 0 Å². The zero-order chi connectivity index (χ0) is 22.1. The zero-order valence-corrected chi connectivity index (χ0v) is 16.6. The van der Waals surface area contributed by atoms with Crippen molar-refractivity contribution in [1.82, 2.24) is 4.98 Å². The number of benzene rings is 2. The minimum Gasteiger partial charge on any atom is -0.493 e. The van der Waals surface area contributed by atoms with Gasteiger partial charge in [-0.1, -0.05) is 18.2 Å². The van der Waals surface area contributed by atoms with E-state index in [0.717, 1.165) is 5.56 Å². The minimum absolute atomic E-state index is 0.0813. The predicted octanol–water partition coefficient (Wildman–Crippen LogP) is 4.92. The molecule has 0 aliphatic rings. The normalized spacial score (nSPS) is 10.8. The molecule has 0 fully saturated rings. The molecule has 0 bridgehead atoms. The summed E-state index contributed by atoms with van der Waals surface area (Å²) in [7, 11) is 1.34. The summed E-state index contributed by atoms with van der Waals surface area (Å²) in [4.78, 5) is 16.3. The SMILES string of the molecule is COc1cc(C=CC(=O)Nc2cccc(OCc3cccnc3)c2)ccc1OC(F)F. The van der Waals surface area contributed by atoms with E-state index in [2.05, 4.69) is 15.0 Å². The number of carbonyl (C=O) groups is 1. The summed E-state index contributed by atoms with van der Waals surface area (Å²) < 4.78 is 40.0. The summed E-state index contributed by atoms with van der Waals surface area (Å²) in [5.41, 5.74) is 2.08. The molecule has 6 nitrogen and oxygen atoms in total. The van der Waals surface area contributed by atoms with Crippen molar-refractivity contribution >= 4 is 17.7 Å². The van der Waals surface area contributed by atoms with Gasteiger partial charge in [-0.05, 0) is 42.0 Å². The van der Waals surface area contributed by atoms with Crippen molar-refractivity contribution in [3.63, 3.8) is 0 Å². The van der Waals surface area contributed by atoms with Gasteiger partial charge in [0.05, 0.1) is 7.11 Å². The number of alkyl halides is 2. The summed E-state index contributed by atoms with van der Waals surface area (Å²) in [6.45, 7) is -2.59. The number of amides is 1. The highest BCUT2D eigenvalue weighted by Gasteiger charge is 2.10. The summed E-state index contributed by atoms with van der Waals surface area (Å²) in [5, 5.41) is 2.74. The molecule has 0 unspecified atom stereocenters. The Morgan fingerprint density at radius 3 is 2.74 bits per heavy atom. The second kappa shape index (κ2) is 10.7. The number of hydrogen-bond acceptors (Lipinski definition) is 5. The first-order chi connectivity index (χ1) is 15.0. The van der Waals surface area contributed by atoms with Gasteiger partial charge in [0.2, 0.25) is 5.91 Å². The lowest BCUT2D eigenvalue weighted by molar-refractivity contribution is -0.111. The van der Waals surface area contributed by atoms with Crippen molar-refractivity contribution < 1.29 is 27.8 Å². The molecule has 1 aromatic heterocycles. The molecule has 0 aliphatic carbocycles. The lowest BCUT2D eigenvalue weighted by Gasteiger charge is -2.10. The molecule has 0 atom stereocenters. The maximum Gasteiger partial charge on any atom is 0.387 e. The first kappa shape index (κ1) is 21.8. The van der Waals surface area contributed by atoms with E-state index in [-0.39, 0.29) is 17.4 Å². The summed E-state index contributed by atoms with van der Waals surface area (Å²) in [5.74, 6) is 0.296. The highest BCUT2D eigenvalue weighted by molar-refractivity contribution is 6.02. The monoisotopic (exact) mass is 426 g/mol. The van der Waals surface area contributed by atoms with Gasteiger partial charge in [-0.25, -0.2) is 0 Å². The molecule has 1 amide bonds. The predicted molar refractivity (Wildman–Crippen MR) is 112 cm³/mol. The number of carbonyl (C=O) groups excluding carboxylic acids is 1. The Hall–Kier alpha value is -3.94. The Balaban J connectivity index is 1.59. The van der Waals surface area contributed by atoms with Crippen molar-refractivity contribution in [1.29, 1.82) is 0 Å². The first-order valence-corrected chi connectivity index (χ1v) is 9.27. The zero-order valence-electron chi connectivity index (χ0n) is 16.6. The maximum atomic E-state index is 12.4. The van der Waals surface area contributed by atoms with Crippen molar-refractivity contribution in [2.24, 2.45) is 0 Å². The van der Waals surface area contributed by atoms with Crippen LogP contribution in [0.5, 0.6) is 17.2 Å². The molecule has 3 rings (SSSR count). The van der Waals surface area contributed by atoms with E-state index in [0.29, 0.717) is 23.6 Å². The van der Waals surface area contributed by atoms with Crippen LogP contribution in [0.25, 0.3) is 6.08 Å². The third kappa shape index (κ3) is 6.81. The largest absolute Gasteiger partial charge is 0.493 e. The molecule has 2 aromatic carbocycles. The van der Waals surface area contributed by atoms with E-state index < -0.39 is 6.61 Å². The lowest BCUT2D eigenvalue weighted by atomic mass is 10.2. The Morgan fingerprint density at radius 1 is 1.13 bits per heavy atom. The van der Waals surface area contributed by atoms with Crippen LogP contribution in [0, 0.1) is 0 Å². The second-order valence-corrected chi connectivity index (χ2v) is 6.29. The number of pyridine rings is 1. The summed E-state index contributed by atoms with van der Waals surface area (Å²) in [6, 6.07) is 15.1. The van der Waals surface area contributed by atoms with Gasteiger partial charge < -0.3 is 19.5 Å². The van der Waals surface area contributed by atoms with Crippen LogP contribution in [0.1, 0.15) is 11.1 Å². The minimum atomic E-state index is -2.95. The highest BCUT2D eigenvalue weighted by atomic mass is 19.3. The molecule has 160 valence electrons. The second-order valence-electron chi connectivity index (χ2n) is 6.29. The van der Waals surface area contributed by atoms with E-state index in [1.165, 1.54) is 37.5 Å². The lowest BCUT2D eigenvalue weighted by Crippen LogP contribution is -2.08.